The molecule has 1 aliphatic rings. The van der Waals surface area contributed by atoms with Crippen LogP contribution < -0.4 is 10.1 Å². The molecular weight excluding hydrogens is 370 g/mol. The maximum absolute atomic E-state index is 12.6. The van der Waals surface area contributed by atoms with E-state index in [2.05, 4.69) is 5.32 Å². The molecule has 0 saturated carbocycles. The number of carbonyl (C=O) groups excluding carboxylic acids is 3. The largest absolute Gasteiger partial charge is 0.494 e. The van der Waals surface area contributed by atoms with Crippen molar-refractivity contribution in [3.05, 3.63) is 65.7 Å². The Balaban J connectivity index is 1.56. The molecule has 0 aliphatic carbocycles. The van der Waals surface area contributed by atoms with Crippen LogP contribution in [0.4, 0.5) is 4.79 Å². The van der Waals surface area contributed by atoms with Crippen LogP contribution in [-0.4, -0.2) is 53.9 Å². The van der Waals surface area contributed by atoms with E-state index < -0.39 is 12.1 Å². The molecule has 0 aromatic heterocycles. The van der Waals surface area contributed by atoms with Crippen LogP contribution in [0.15, 0.2) is 54.6 Å². The van der Waals surface area contributed by atoms with E-state index in [0.717, 1.165) is 21.8 Å². The minimum absolute atomic E-state index is 0.274. The highest BCUT2D eigenvalue weighted by Crippen LogP contribution is 2.15. The van der Waals surface area contributed by atoms with E-state index >= 15 is 0 Å². The first kappa shape index (κ1) is 20.4. The highest BCUT2D eigenvalue weighted by atomic mass is 16.5. The first-order valence-electron chi connectivity index (χ1n) is 9.59. The van der Waals surface area contributed by atoms with Gasteiger partial charge in [-0.05, 0) is 30.2 Å². The van der Waals surface area contributed by atoms with Crippen LogP contribution in [0.3, 0.4) is 0 Å². The third-order valence-corrected chi connectivity index (χ3v) is 4.76. The number of likely N-dealkylation sites (N-methyl/N-ethyl adjacent to an activating group) is 1. The molecule has 1 heterocycles. The van der Waals surface area contributed by atoms with E-state index in [1.54, 1.807) is 7.05 Å². The number of benzene rings is 2. The standard InChI is InChI=1S/C22H25N3O4/c1-3-29-18-11-9-17(10-12-18)14-24(2)20(26)15-25-21(27)19(23-22(25)28)13-16-7-5-4-6-8-16/h4-12,19H,3,13-15H2,1-2H3,(H,23,28)/t19-/m1/s1. The maximum atomic E-state index is 12.6. The second kappa shape index (κ2) is 9.23. The summed E-state index contributed by atoms with van der Waals surface area (Å²) in [6.45, 7) is 2.61. The van der Waals surface area contributed by atoms with Gasteiger partial charge in [-0.15, -0.1) is 0 Å². The number of urea groups is 1. The summed E-state index contributed by atoms with van der Waals surface area (Å²) in [6.07, 6.45) is 0.401. The quantitative estimate of drug-likeness (QED) is 0.695. The van der Waals surface area contributed by atoms with Gasteiger partial charge in [-0.3, -0.25) is 14.5 Å². The van der Waals surface area contributed by atoms with Gasteiger partial charge in [0.2, 0.25) is 5.91 Å². The molecule has 0 unspecified atom stereocenters. The Labute approximate surface area is 170 Å². The Hall–Kier alpha value is -3.35. The maximum Gasteiger partial charge on any atom is 0.325 e. The number of hydrogen-bond acceptors (Lipinski definition) is 4. The van der Waals surface area contributed by atoms with Gasteiger partial charge in [0, 0.05) is 20.0 Å². The molecule has 1 aliphatic heterocycles. The van der Waals surface area contributed by atoms with E-state index in [4.69, 9.17) is 4.74 Å². The average Bonchev–Trinajstić information content (AvgIpc) is 2.97. The molecule has 1 N–H and O–H groups in total. The molecule has 4 amide bonds. The van der Waals surface area contributed by atoms with Gasteiger partial charge in [0.25, 0.3) is 5.91 Å². The Morgan fingerprint density at radius 3 is 2.41 bits per heavy atom. The van der Waals surface area contributed by atoms with Crippen molar-refractivity contribution in [3.8, 4) is 5.75 Å². The summed E-state index contributed by atoms with van der Waals surface area (Å²) in [5.41, 5.74) is 1.88. The van der Waals surface area contributed by atoms with Crippen LogP contribution in [-0.2, 0) is 22.6 Å². The third kappa shape index (κ3) is 5.13. The summed E-state index contributed by atoms with van der Waals surface area (Å²) in [5.74, 6) is 0.0958. The van der Waals surface area contributed by atoms with Crippen molar-refractivity contribution in [2.75, 3.05) is 20.2 Å². The molecule has 1 saturated heterocycles. The van der Waals surface area contributed by atoms with Crippen molar-refractivity contribution in [2.45, 2.75) is 25.9 Å². The lowest BCUT2D eigenvalue weighted by Gasteiger charge is -2.20. The van der Waals surface area contributed by atoms with Gasteiger partial charge < -0.3 is 15.0 Å². The number of imide groups is 1. The van der Waals surface area contributed by atoms with Gasteiger partial charge in [-0.25, -0.2) is 4.79 Å². The van der Waals surface area contributed by atoms with E-state index in [-0.39, 0.29) is 18.4 Å². The number of nitrogens with one attached hydrogen (secondary N) is 1. The van der Waals surface area contributed by atoms with Crippen LogP contribution in [0.25, 0.3) is 0 Å². The minimum Gasteiger partial charge on any atom is -0.494 e. The van der Waals surface area contributed by atoms with E-state index in [9.17, 15) is 14.4 Å². The Morgan fingerprint density at radius 1 is 1.07 bits per heavy atom. The van der Waals surface area contributed by atoms with Gasteiger partial charge in [0.05, 0.1) is 6.61 Å². The number of amides is 4. The normalized spacial score (nSPS) is 15.9. The zero-order valence-corrected chi connectivity index (χ0v) is 16.6. The predicted octanol–water partition coefficient (Wildman–Crippen LogP) is 2.21. The second-order valence-electron chi connectivity index (χ2n) is 6.94. The lowest BCUT2D eigenvalue weighted by atomic mass is 10.1. The Kier molecular flexibility index (Phi) is 6.49. The lowest BCUT2D eigenvalue weighted by Crippen LogP contribution is -2.41. The molecular formula is C22H25N3O4. The smallest absolute Gasteiger partial charge is 0.325 e. The summed E-state index contributed by atoms with van der Waals surface area (Å²) in [4.78, 5) is 39.9. The molecule has 2 aromatic carbocycles. The summed E-state index contributed by atoms with van der Waals surface area (Å²) < 4.78 is 5.41. The number of rotatable bonds is 8. The lowest BCUT2D eigenvalue weighted by molar-refractivity contribution is -0.136. The summed E-state index contributed by atoms with van der Waals surface area (Å²) in [5, 5.41) is 2.67. The van der Waals surface area contributed by atoms with Crippen molar-refractivity contribution in [3.63, 3.8) is 0 Å². The van der Waals surface area contributed by atoms with Gasteiger partial charge in [-0.2, -0.15) is 0 Å². The monoisotopic (exact) mass is 395 g/mol. The van der Waals surface area contributed by atoms with Crippen molar-refractivity contribution < 1.29 is 19.1 Å². The van der Waals surface area contributed by atoms with Crippen LogP contribution in [0.5, 0.6) is 5.75 Å². The fourth-order valence-electron chi connectivity index (χ4n) is 3.19. The van der Waals surface area contributed by atoms with E-state index in [0.29, 0.717) is 19.6 Å². The molecule has 0 bridgehead atoms. The second-order valence-corrected chi connectivity index (χ2v) is 6.94. The topological polar surface area (TPSA) is 79.0 Å². The SMILES string of the molecule is CCOc1ccc(CN(C)C(=O)CN2C(=O)N[C@H](Cc3ccccc3)C2=O)cc1. The third-order valence-electron chi connectivity index (χ3n) is 4.76. The van der Waals surface area contributed by atoms with Crippen LogP contribution in [0.2, 0.25) is 0 Å². The summed E-state index contributed by atoms with van der Waals surface area (Å²) in [6, 6.07) is 15.8. The van der Waals surface area contributed by atoms with Gasteiger partial charge in [0.1, 0.15) is 18.3 Å². The van der Waals surface area contributed by atoms with Crippen LogP contribution in [0.1, 0.15) is 18.1 Å². The molecule has 29 heavy (non-hydrogen) atoms. The highest BCUT2D eigenvalue weighted by molar-refractivity contribution is 6.06. The number of carbonyl (C=O) groups is 3. The van der Waals surface area contributed by atoms with Gasteiger partial charge >= 0.3 is 6.03 Å². The molecule has 1 atom stereocenters. The summed E-state index contributed by atoms with van der Waals surface area (Å²) in [7, 11) is 1.65. The number of nitrogens with zero attached hydrogens (tertiary/aromatic N) is 2. The summed E-state index contributed by atoms with van der Waals surface area (Å²) >= 11 is 0. The van der Waals surface area contributed by atoms with Crippen LogP contribution >= 0.6 is 0 Å². The molecule has 0 spiro atoms. The van der Waals surface area contributed by atoms with Gasteiger partial charge in [-0.1, -0.05) is 42.5 Å². The number of hydrogen-bond donors (Lipinski definition) is 1. The van der Waals surface area contributed by atoms with Crippen molar-refractivity contribution >= 4 is 17.8 Å². The van der Waals surface area contributed by atoms with Crippen LogP contribution in [0, 0.1) is 0 Å². The fraction of sp³-hybridized carbons (Fsp3) is 0.318. The van der Waals surface area contributed by atoms with Crippen molar-refractivity contribution in [1.82, 2.24) is 15.1 Å². The van der Waals surface area contributed by atoms with E-state index in [1.807, 2.05) is 61.5 Å². The first-order chi connectivity index (χ1) is 14.0. The highest BCUT2D eigenvalue weighted by Gasteiger charge is 2.39. The molecule has 2 aromatic rings. The van der Waals surface area contributed by atoms with Gasteiger partial charge in [0.15, 0.2) is 0 Å². The van der Waals surface area contributed by atoms with Crippen molar-refractivity contribution in [2.24, 2.45) is 0 Å². The molecule has 1 fully saturated rings. The molecule has 7 nitrogen and oxygen atoms in total. The zero-order valence-electron chi connectivity index (χ0n) is 16.6. The number of ether oxygens (including phenoxy) is 1. The Bertz CT molecular complexity index is 867. The van der Waals surface area contributed by atoms with E-state index in [1.165, 1.54) is 4.90 Å². The fourth-order valence-corrected chi connectivity index (χ4v) is 3.19. The molecule has 7 heteroatoms. The zero-order chi connectivity index (χ0) is 20.8. The minimum atomic E-state index is -0.644. The first-order valence-corrected chi connectivity index (χ1v) is 9.59. The molecule has 0 radical (unpaired) electrons. The predicted molar refractivity (Wildman–Crippen MR) is 108 cm³/mol. The molecule has 3 rings (SSSR count). The average molecular weight is 395 g/mol. The van der Waals surface area contributed by atoms with Crippen molar-refractivity contribution in [1.29, 1.82) is 0 Å². The molecule has 152 valence electrons. The Morgan fingerprint density at radius 2 is 1.76 bits per heavy atom.